The number of thioether (sulfide) groups is 2. The third kappa shape index (κ3) is 7.24. The quantitative estimate of drug-likeness (QED) is 0.422. The minimum Gasteiger partial charge on any atom is -0.480 e. The van der Waals surface area contributed by atoms with E-state index in [4.69, 9.17) is 4.74 Å². The fourth-order valence-electron chi connectivity index (χ4n) is 2.26. The van der Waals surface area contributed by atoms with E-state index in [-0.39, 0.29) is 11.5 Å². The number of nitrogens with one attached hydrogen (secondary N) is 1. The van der Waals surface area contributed by atoms with Crippen molar-refractivity contribution in [2.45, 2.75) is 42.9 Å². The third-order valence-corrected chi connectivity index (χ3v) is 5.96. The van der Waals surface area contributed by atoms with Crippen molar-refractivity contribution in [3.8, 4) is 17.6 Å². The molecule has 2 rings (SSSR count). The molecule has 8 heteroatoms. The summed E-state index contributed by atoms with van der Waals surface area (Å²) in [6, 6.07) is 3.41. The zero-order chi connectivity index (χ0) is 19.9. The molecule has 1 aromatic rings. The van der Waals surface area contributed by atoms with Crippen molar-refractivity contribution in [1.29, 1.82) is 0 Å². The Morgan fingerprint density at radius 1 is 1.41 bits per heavy atom. The average Bonchev–Trinajstić information content (AvgIpc) is 3.44. The van der Waals surface area contributed by atoms with Gasteiger partial charge in [-0.1, -0.05) is 5.92 Å². The van der Waals surface area contributed by atoms with E-state index in [2.05, 4.69) is 17.2 Å². The largest absolute Gasteiger partial charge is 0.480 e. The van der Waals surface area contributed by atoms with Crippen LogP contribution in [0.3, 0.4) is 0 Å². The summed E-state index contributed by atoms with van der Waals surface area (Å²) in [6.45, 7) is 1.43. The maximum atomic E-state index is 14.6. The molecule has 0 radical (unpaired) electrons. The molecule has 0 bridgehead atoms. The Labute approximate surface area is 166 Å². The van der Waals surface area contributed by atoms with Crippen LogP contribution in [0, 0.1) is 17.8 Å². The normalized spacial score (nSPS) is 16.1. The lowest BCUT2D eigenvalue weighted by molar-refractivity contribution is -0.188. The molecule has 0 unspecified atom stereocenters. The summed E-state index contributed by atoms with van der Waals surface area (Å²) in [5.41, 5.74) is 0. The van der Waals surface area contributed by atoms with Gasteiger partial charge in [-0.3, -0.25) is 10.1 Å². The summed E-state index contributed by atoms with van der Waals surface area (Å²) >= 11 is 2.95. The van der Waals surface area contributed by atoms with Crippen molar-refractivity contribution >= 4 is 29.5 Å². The number of ether oxygens (including phenoxy) is 1. The number of carboxylic acid groups (broad SMARTS) is 1. The molecule has 0 aliphatic heterocycles. The van der Waals surface area contributed by atoms with Crippen LogP contribution >= 0.6 is 23.5 Å². The molecule has 0 spiro atoms. The summed E-state index contributed by atoms with van der Waals surface area (Å²) in [4.78, 5) is 12.4. The summed E-state index contributed by atoms with van der Waals surface area (Å²) in [5, 5.41) is 11.8. The van der Waals surface area contributed by atoms with Gasteiger partial charge in [-0.15, -0.1) is 17.7 Å². The number of hydrogen-bond acceptors (Lipinski definition) is 5. The first-order valence-corrected chi connectivity index (χ1v) is 10.9. The van der Waals surface area contributed by atoms with Crippen LogP contribution in [0.2, 0.25) is 0 Å². The predicted molar refractivity (Wildman–Crippen MR) is 106 cm³/mol. The standard InChI is InChI=1S/C19H23F2NO3S2/c1-3-4-17(22-16(18(23)24)12-27-11-13-5-6-13)19(20,21)25-14-7-9-15(26-2)10-8-14/h7-10,13,16-17,22H,5-6,11-12H2,1-2H3,(H,23,24)/t16-,17-/m0/s1. The van der Waals surface area contributed by atoms with Crippen LogP contribution in [0.15, 0.2) is 29.2 Å². The van der Waals surface area contributed by atoms with Gasteiger partial charge in [-0.2, -0.15) is 20.5 Å². The first-order valence-electron chi connectivity index (χ1n) is 8.55. The number of hydrogen-bond donors (Lipinski definition) is 2. The highest BCUT2D eigenvalue weighted by molar-refractivity contribution is 7.99. The number of benzene rings is 1. The molecule has 1 fully saturated rings. The number of aliphatic carboxylic acids is 1. The average molecular weight is 416 g/mol. The zero-order valence-corrected chi connectivity index (χ0v) is 16.8. The third-order valence-electron chi connectivity index (χ3n) is 3.94. The second kappa shape index (κ2) is 10.2. The maximum absolute atomic E-state index is 14.6. The Balaban J connectivity index is 2.03. The van der Waals surface area contributed by atoms with Crippen LogP contribution < -0.4 is 10.1 Å². The molecule has 1 aromatic carbocycles. The lowest BCUT2D eigenvalue weighted by Crippen LogP contribution is -2.54. The van der Waals surface area contributed by atoms with Crippen molar-refractivity contribution in [3.63, 3.8) is 0 Å². The molecule has 2 atom stereocenters. The fraction of sp³-hybridized carbons (Fsp3) is 0.526. The Hall–Kier alpha value is -1.43. The van der Waals surface area contributed by atoms with Crippen LogP contribution in [-0.2, 0) is 4.79 Å². The van der Waals surface area contributed by atoms with E-state index in [0.717, 1.165) is 23.5 Å². The number of alkyl halides is 2. The van der Waals surface area contributed by atoms with Crippen molar-refractivity contribution < 1.29 is 23.4 Å². The highest BCUT2D eigenvalue weighted by Crippen LogP contribution is 2.32. The van der Waals surface area contributed by atoms with Crippen LogP contribution in [0.1, 0.15) is 19.8 Å². The van der Waals surface area contributed by atoms with Crippen LogP contribution in [0.5, 0.6) is 5.75 Å². The molecule has 148 valence electrons. The number of rotatable bonds is 11. The Morgan fingerprint density at radius 3 is 2.59 bits per heavy atom. The van der Waals surface area contributed by atoms with Gasteiger partial charge in [-0.25, -0.2) is 0 Å². The molecule has 2 N–H and O–H groups in total. The summed E-state index contributed by atoms with van der Waals surface area (Å²) in [6.07, 6.45) is 0.514. The van der Waals surface area contributed by atoms with E-state index >= 15 is 0 Å². The van der Waals surface area contributed by atoms with Crippen molar-refractivity contribution in [2.24, 2.45) is 5.92 Å². The molecule has 0 saturated heterocycles. The molecule has 1 aliphatic rings. The molecule has 1 saturated carbocycles. The van der Waals surface area contributed by atoms with Gasteiger partial charge in [0.1, 0.15) is 11.8 Å². The first kappa shape index (κ1) is 21.9. The van der Waals surface area contributed by atoms with E-state index in [1.54, 1.807) is 12.1 Å². The second-order valence-electron chi connectivity index (χ2n) is 6.21. The van der Waals surface area contributed by atoms with Gasteiger partial charge < -0.3 is 9.84 Å². The molecule has 1 aliphatic carbocycles. The number of carbonyl (C=O) groups is 1. The van der Waals surface area contributed by atoms with E-state index in [1.807, 2.05) is 6.26 Å². The summed E-state index contributed by atoms with van der Waals surface area (Å²) < 4.78 is 34.1. The fourth-order valence-corrected chi connectivity index (χ4v) is 3.94. The summed E-state index contributed by atoms with van der Waals surface area (Å²) in [5.74, 6) is 5.28. The Bertz CT molecular complexity index is 684. The molecule has 27 heavy (non-hydrogen) atoms. The van der Waals surface area contributed by atoms with Crippen molar-refractivity contribution in [2.75, 3.05) is 17.8 Å². The lowest BCUT2D eigenvalue weighted by Gasteiger charge is -2.27. The van der Waals surface area contributed by atoms with Crippen molar-refractivity contribution in [1.82, 2.24) is 5.32 Å². The number of halogens is 2. The first-order chi connectivity index (χ1) is 12.9. The topological polar surface area (TPSA) is 58.6 Å². The van der Waals surface area contributed by atoms with E-state index in [9.17, 15) is 18.7 Å². The molecular formula is C19H23F2NO3S2. The lowest BCUT2D eigenvalue weighted by atomic mass is 10.2. The van der Waals surface area contributed by atoms with Gasteiger partial charge in [-0.05, 0) is 62.0 Å². The zero-order valence-electron chi connectivity index (χ0n) is 15.2. The van der Waals surface area contributed by atoms with Gasteiger partial charge >= 0.3 is 12.1 Å². The molecule has 0 aromatic heterocycles. The van der Waals surface area contributed by atoms with Crippen LogP contribution in [0.4, 0.5) is 8.78 Å². The van der Waals surface area contributed by atoms with Crippen molar-refractivity contribution in [3.05, 3.63) is 24.3 Å². The molecule has 0 amide bonds. The van der Waals surface area contributed by atoms with Crippen LogP contribution in [-0.4, -0.2) is 47.0 Å². The highest BCUT2D eigenvalue weighted by atomic mass is 32.2. The number of carboxylic acids is 1. The van der Waals surface area contributed by atoms with Gasteiger partial charge in [0.05, 0.1) is 0 Å². The maximum Gasteiger partial charge on any atom is 0.425 e. The smallest absolute Gasteiger partial charge is 0.425 e. The van der Waals surface area contributed by atoms with E-state index in [1.165, 1.54) is 42.6 Å². The van der Waals surface area contributed by atoms with Gasteiger partial charge in [0, 0.05) is 10.6 Å². The second-order valence-corrected chi connectivity index (χ2v) is 8.16. The minimum atomic E-state index is -3.68. The van der Waals surface area contributed by atoms with E-state index < -0.39 is 24.2 Å². The highest BCUT2D eigenvalue weighted by Gasteiger charge is 2.43. The Morgan fingerprint density at radius 2 is 2.07 bits per heavy atom. The Kier molecular flexibility index (Phi) is 8.27. The molecule has 4 nitrogen and oxygen atoms in total. The summed E-state index contributed by atoms with van der Waals surface area (Å²) in [7, 11) is 0. The van der Waals surface area contributed by atoms with Gasteiger partial charge in [0.15, 0.2) is 6.04 Å². The molecule has 0 heterocycles. The molecular weight excluding hydrogens is 392 g/mol. The van der Waals surface area contributed by atoms with Gasteiger partial charge in [0.2, 0.25) is 0 Å². The van der Waals surface area contributed by atoms with Crippen LogP contribution in [0.25, 0.3) is 0 Å². The SMILES string of the molecule is CC#C[C@H](N[C@@H](CSCC1CC1)C(=O)O)C(F)(F)Oc1ccc(SC)cc1. The van der Waals surface area contributed by atoms with E-state index in [0.29, 0.717) is 5.92 Å². The monoisotopic (exact) mass is 415 g/mol. The minimum absolute atomic E-state index is 0.00233. The predicted octanol–water partition coefficient (Wildman–Crippen LogP) is 3.96. The van der Waals surface area contributed by atoms with Gasteiger partial charge in [0.25, 0.3) is 0 Å².